The summed E-state index contributed by atoms with van der Waals surface area (Å²) in [5.41, 5.74) is 5.16. The molecule has 0 heterocycles. The Bertz CT molecular complexity index is 940. The molecule has 4 aliphatic carbocycles. The number of rotatable bonds is 6. The van der Waals surface area contributed by atoms with Crippen LogP contribution < -0.4 is 0 Å². The van der Waals surface area contributed by atoms with Crippen LogP contribution in [0.2, 0.25) is 0 Å². The van der Waals surface area contributed by atoms with Crippen molar-refractivity contribution >= 4 is 0 Å². The maximum Gasteiger partial charge on any atom is 0.119 e. The van der Waals surface area contributed by atoms with Gasteiger partial charge in [0.2, 0.25) is 0 Å². The molecule has 2 heteroatoms. The quantitative estimate of drug-likeness (QED) is 0.488. The monoisotopic (exact) mass is 432 g/mol. The predicted octanol–water partition coefficient (Wildman–Crippen LogP) is 7.84. The van der Waals surface area contributed by atoms with Crippen LogP contribution in [-0.2, 0) is 10.8 Å². The average molecular weight is 433 g/mol. The minimum Gasteiger partial charge on any atom is -0.508 e. The Kier molecular flexibility index (Phi) is 4.97. The number of phenols is 2. The molecule has 0 radical (unpaired) electrons. The van der Waals surface area contributed by atoms with Crippen LogP contribution in [0.15, 0.2) is 36.4 Å². The molecule has 4 aliphatic rings. The second-order valence-electron chi connectivity index (χ2n) is 12.2. The van der Waals surface area contributed by atoms with E-state index < -0.39 is 0 Å². The second-order valence-corrected chi connectivity index (χ2v) is 12.2. The topological polar surface area (TPSA) is 40.5 Å². The standard InChI is InChI=1S/C30H40O2/c1-5-11-27-15-28(12-6-2)18-29(16-27,23-9-7-21(3)13-25(23)31)20-30(17-27,19-28)24-10-8-22(4)14-26(24)32/h7-10,13-14,31-32H,5-6,11-12,15-20H2,1-4H3. The molecule has 2 N–H and O–H groups in total. The highest BCUT2D eigenvalue weighted by atomic mass is 16.3. The number of aryl methyl sites for hydroxylation is 2. The van der Waals surface area contributed by atoms with Crippen molar-refractivity contribution in [3.63, 3.8) is 0 Å². The van der Waals surface area contributed by atoms with Crippen molar-refractivity contribution in [2.45, 2.75) is 103 Å². The summed E-state index contributed by atoms with van der Waals surface area (Å²) >= 11 is 0. The van der Waals surface area contributed by atoms with Gasteiger partial charge in [-0.25, -0.2) is 0 Å². The second kappa shape index (κ2) is 7.27. The van der Waals surface area contributed by atoms with Gasteiger partial charge in [-0.2, -0.15) is 0 Å². The van der Waals surface area contributed by atoms with Gasteiger partial charge in [0.05, 0.1) is 0 Å². The lowest BCUT2D eigenvalue weighted by Crippen LogP contribution is -2.64. The predicted molar refractivity (Wildman–Crippen MR) is 131 cm³/mol. The highest BCUT2D eigenvalue weighted by Crippen LogP contribution is 2.77. The third-order valence-corrected chi connectivity index (χ3v) is 9.29. The molecule has 0 aromatic heterocycles. The molecule has 0 saturated heterocycles. The fourth-order valence-corrected chi connectivity index (χ4v) is 9.41. The molecule has 0 atom stereocenters. The fourth-order valence-electron chi connectivity index (χ4n) is 9.41. The van der Waals surface area contributed by atoms with Gasteiger partial charge in [0, 0.05) is 22.0 Å². The molecule has 0 amide bonds. The first kappa shape index (κ1) is 21.9. The smallest absolute Gasteiger partial charge is 0.119 e. The summed E-state index contributed by atoms with van der Waals surface area (Å²) in [7, 11) is 0. The zero-order valence-electron chi connectivity index (χ0n) is 20.4. The van der Waals surface area contributed by atoms with Crippen molar-refractivity contribution in [2.24, 2.45) is 10.8 Å². The lowest BCUT2D eigenvalue weighted by atomic mass is 9.32. The van der Waals surface area contributed by atoms with E-state index in [-0.39, 0.29) is 10.8 Å². The van der Waals surface area contributed by atoms with Crippen molar-refractivity contribution in [3.8, 4) is 11.5 Å². The lowest BCUT2D eigenvalue weighted by molar-refractivity contribution is -0.149. The molecule has 172 valence electrons. The van der Waals surface area contributed by atoms with E-state index in [1.165, 1.54) is 68.9 Å². The molecule has 4 saturated carbocycles. The van der Waals surface area contributed by atoms with Gasteiger partial charge in [0.1, 0.15) is 11.5 Å². The van der Waals surface area contributed by atoms with Crippen LogP contribution in [0.3, 0.4) is 0 Å². The summed E-state index contributed by atoms with van der Waals surface area (Å²) in [5, 5.41) is 22.4. The van der Waals surface area contributed by atoms with Gasteiger partial charge in [0.15, 0.2) is 0 Å². The van der Waals surface area contributed by atoms with E-state index in [0.717, 1.165) is 17.5 Å². The average Bonchev–Trinajstić information content (AvgIpc) is 2.66. The highest BCUT2D eigenvalue weighted by Gasteiger charge is 2.68. The van der Waals surface area contributed by atoms with Gasteiger partial charge in [-0.15, -0.1) is 0 Å². The highest BCUT2D eigenvalue weighted by molar-refractivity contribution is 5.50. The van der Waals surface area contributed by atoms with Gasteiger partial charge in [-0.1, -0.05) is 51.0 Å². The summed E-state index contributed by atoms with van der Waals surface area (Å²) in [6.07, 6.45) is 12.0. The van der Waals surface area contributed by atoms with E-state index in [0.29, 0.717) is 22.3 Å². The molecule has 4 fully saturated rings. The largest absolute Gasteiger partial charge is 0.508 e. The molecule has 2 aromatic carbocycles. The van der Waals surface area contributed by atoms with E-state index in [4.69, 9.17) is 0 Å². The van der Waals surface area contributed by atoms with E-state index in [1.807, 2.05) is 12.1 Å². The molecule has 0 unspecified atom stereocenters. The number of hydrogen-bond acceptors (Lipinski definition) is 2. The van der Waals surface area contributed by atoms with Crippen LogP contribution >= 0.6 is 0 Å². The molecule has 2 aromatic rings. The van der Waals surface area contributed by atoms with Crippen molar-refractivity contribution in [3.05, 3.63) is 58.7 Å². The van der Waals surface area contributed by atoms with E-state index >= 15 is 0 Å². The van der Waals surface area contributed by atoms with Crippen molar-refractivity contribution in [1.29, 1.82) is 0 Å². The third-order valence-electron chi connectivity index (χ3n) is 9.29. The maximum atomic E-state index is 11.2. The molecular formula is C30H40O2. The first-order valence-corrected chi connectivity index (χ1v) is 12.8. The van der Waals surface area contributed by atoms with Crippen LogP contribution in [0.4, 0.5) is 0 Å². The lowest BCUT2D eigenvalue weighted by Gasteiger charge is -2.71. The number of hydrogen-bond donors (Lipinski definition) is 2. The van der Waals surface area contributed by atoms with Crippen LogP contribution in [0.1, 0.15) is 100 Å². The van der Waals surface area contributed by atoms with Gasteiger partial charge < -0.3 is 10.2 Å². The maximum absolute atomic E-state index is 11.2. The van der Waals surface area contributed by atoms with Crippen LogP contribution in [-0.4, -0.2) is 10.2 Å². The Balaban J connectivity index is 1.74. The Morgan fingerprint density at radius 2 is 1.03 bits per heavy atom. The van der Waals surface area contributed by atoms with E-state index in [1.54, 1.807) is 0 Å². The zero-order valence-corrected chi connectivity index (χ0v) is 20.4. The summed E-state index contributed by atoms with van der Waals surface area (Å²) in [6.45, 7) is 8.78. The molecule has 2 nitrogen and oxygen atoms in total. The minimum absolute atomic E-state index is 0.00575. The Morgan fingerprint density at radius 1 is 0.625 bits per heavy atom. The van der Waals surface area contributed by atoms with E-state index in [2.05, 4.69) is 52.0 Å². The third kappa shape index (κ3) is 3.20. The first-order valence-electron chi connectivity index (χ1n) is 12.8. The summed E-state index contributed by atoms with van der Waals surface area (Å²) < 4.78 is 0. The number of phenolic OH excluding ortho intramolecular Hbond substituents is 2. The molecular weight excluding hydrogens is 392 g/mol. The molecule has 6 rings (SSSR count). The van der Waals surface area contributed by atoms with Gasteiger partial charge in [0.25, 0.3) is 0 Å². The zero-order chi connectivity index (χ0) is 22.8. The Hall–Kier alpha value is -1.96. The summed E-state index contributed by atoms with van der Waals surface area (Å²) in [4.78, 5) is 0. The Labute approximate surface area is 194 Å². The Morgan fingerprint density at radius 3 is 1.38 bits per heavy atom. The minimum atomic E-state index is -0.00575. The fraction of sp³-hybridized carbons (Fsp3) is 0.600. The van der Waals surface area contributed by atoms with Crippen LogP contribution in [0.5, 0.6) is 11.5 Å². The van der Waals surface area contributed by atoms with Gasteiger partial charge in [-0.3, -0.25) is 0 Å². The van der Waals surface area contributed by atoms with Crippen LogP contribution in [0.25, 0.3) is 0 Å². The van der Waals surface area contributed by atoms with Crippen molar-refractivity contribution < 1.29 is 10.2 Å². The van der Waals surface area contributed by atoms with Crippen molar-refractivity contribution in [2.75, 3.05) is 0 Å². The van der Waals surface area contributed by atoms with Crippen molar-refractivity contribution in [1.82, 2.24) is 0 Å². The summed E-state index contributed by atoms with van der Waals surface area (Å²) in [6, 6.07) is 12.7. The van der Waals surface area contributed by atoms with Crippen LogP contribution in [0, 0.1) is 24.7 Å². The number of benzene rings is 2. The normalized spacial score (nSPS) is 35.4. The van der Waals surface area contributed by atoms with E-state index in [9.17, 15) is 10.2 Å². The van der Waals surface area contributed by atoms with Gasteiger partial charge in [-0.05, 0) is 99.3 Å². The number of aromatic hydroxyl groups is 2. The van der Waals surface area contributed by atoms with Gasteiger partial charge >= 0.3 is 0 Å². The molecule has 0 spiro atoms. The summed E-state index contributed by atoms with van der Waals surface area (Å²) in [5.74, 6) is 0.960. The molecule has 4 bridgehead atoms. The SMILES string of the molecule is CCCC12CC3(CCC)CC(c4ccc(C)cc4O)(C1)CC(c1ccc(C)cc1O)(C2)C3. The first-order chi connectivity index (χ1) is 15.2. The molecule has 0 aliphatic heterocycles. The molecule has 32 heavy (non-hydrogen) atoms.